The molecule has 2 aromatic carbocycles. The molecule has 3 aromatic rings. The number of hydrogen-bond donors (Lipinski definition) is 3. The van der Waals surface area contributed by atoms with E-state index in [0.717, 1.165) is 67.0 Å². The molecule has 3 fully saturated rings. The van der Waals surface area contributed by atoms with Crippen LogP contribution in [0, 0.1) is 0 Å². The zero-order valence-corrected chi connectivity index (χ0v) is 22.5. The van der Waals surface area contributed by atoms with E-state index in [0.29, 0.717) is 35.7 Å². The molecule has 4 aliphatic heterocycles. The zero-order valence-electron chi connectivity index (χ0n) is 21.8. The summed E-state index contributed by atoms with van der Waals surface area (Å²) < 4.78 is 6.41. The van der Waals surface area contributed by atoms with Gasteiger partial charge in [0.1, 0.15) is 17.7 Å². The first-order chi connectivity index (χ1) is 18.5. The Morgan fingerprint density at radius 3 is 2.63 bits per heavy atom. The van der Waals surface area contributed by atoms with Gasteiger partial charge in [-0.3, -0.25) is 0 Å². The molecule has 0 radical (unpaired) electrons. The topological polar surface area (TPSA) is 85.8 Å². The van der Waals surface area contributed by atoms with Gasteiger partial charge in [-0.25, -0.2) is 0 Å². The summed E-state index contributed by atoms with van der Waals surface area (Å²) in [7, 11) is 0. The molecule has 3 saturated heterocycles. The van der Waals surface area contributed by atoms with Crippen molar-refractivity contribution in [3.05, 3.63) is 46.6 Å². The van der Waals surface area contributed by atoms with Crippen molar-refractivity contribution in [3.63, 3.8) is 0 Å². The molecular formula is C29H35ClN6O2. The Labute approximate surface area is 228 Å². The van der Waals surface area contributed by atoms with E-state index >= 15 is 0 Å². The summed E-state index contributed by atoms with van der Waals surface area (Å²) in [5.74, 6) is 1.14. The Morgan fingerprint density at radius 2 is 1.87 bits per heavy atom. The Bertz CT molecular complexity index is 1350. The third kappa shape index (κ3) is 4.32. The molecule has 3 N–H and O–H groups in total. The lowest BCUT2D eigenvalue weighted by atomic mass is 10.0. The van der Waals surface area contributed by atoms with Crippen LogP contribution in [0.2, 0.25) is 5.02 Å². The highest BCUT2D eigenvalue weighted by Crippen LogP contribution is 2.41. The summed E-state index contributed by atoms with van der Waals surface area (Å²) in [6.45, 7) is 6.54. The molecule has 1 unspecified atom stereocenters. The molecule has 8 nitrogen and oxygen atoms in total. The molecule has 0 spiro atoms. The van der Waals surface area contributed by atoms with E-state index in [4.69, 9.17) is 26.3 Å². The number of anilines is 2. The maximum atomic E-state index is 10.6. The third-order valence-corrected chi connectivity index (χ3v) is 9.17. The Morgan fingerprint density at radius 1 is 1.08 bits per heavy atom. The van der Waals surface area contributed by atoms with Gasteiger partial charge in [-0.2, -0.15) is 9.97 Å². The van der Waals surface area contributed by atoms with Crippen LogP contribution in [0.15, 0.2) is 30.3 Å². The first-order valence-electron chi connectivity index (χ1n) is 14.0. The summed E-state index contributed by atoms with van der Waals surface area (Å²) in [6, 6.07) is 11.6. The maximum Gasteiger partial charge on any atom is 0.318 e. The second-order valence-corrected chi connectivity index (χ2v) is 11.6. The standard InChI is InChI=1S/C29H35ClN6O2/c1-17(23-7-4-11-31-23)38-29-33-24-16-35(25-13-26(37)27(30)21-6-3-2-5-20(21)25)12-10-22(24)28(34-29)36-14-18-8-9-19(15-36)32-18/h2-3,5-6,13,17-19,23,31-32,37H,4,7-12,14-16H2,1H3/t17?,18-,19+,23-/m0/s1. The number of phenols is 1. The number of aromatic hydroxyl groups is 1. The minimum Gasteiger partial charge on any atom is -0.506 e. The summed E-state index contributed by atoms with van der Waals surface area (Å²) in [6.07, 6.45) is 5.57. The number of aromatic nitrogens is 2. The summed E-state index contributed by atoms with van der Waals surface area (Å²) in [4.78, 5) is 14.8. The highest BCUT2D eigenvalue weighted by Gasteiger charge is 2.36. The fraction of sp³-hybridized carbons (Fsp3) is 0.517. The number of halogens is 1. The monoisotopic (exact) mass is 534 g/mol. The van der Waals surface area contributed by atoms with E-state index < -0.39 is 0 Å². The van der Waals surface area contributed by atoms with Gasteiger partial charge < -0.3 is 30.3 Å². The molecule has 4 atom stereocenters. The molecule has 200 valence electrons. The molecule has 1 aromatic heterocycles. The molecule has 0 amide bonds. The molecule has 0 saturated carbocycles. The maximum absolute atomic E-state index is 10.6. The summed E-state index contributed by atoms with van der Waals surface area (Å²) in [5, 5.41) is 20.2. The quantitative estimate of drug-likeness (QED) is 0.453. The third-order valence-electron chi connectivity index (χ3n) is 8.77. The molecule has 2 bridgehead atoms. The van der Waals surface area contributed by atoms with E-state index in [1.54, 1.807) is 6.07 Å². The van der Waals surface area contributed by atoms with Gasteiger partial charge in [0.05, 0.1) is 17.3 Å². The minimum atomic E-state index is -0.000507. The second-order valence-electron chi connectivity index (χ2n) is 11.3. The molecule has 38 heavy (non-hydrogen) atoms. The van der Waals surface area contributed by atoms with E-state index in [1.165, 1.54) is 24.8 Å². The minimum absolute atomic E-state index is 0.000507. The lowest BCUT2D eigenvalue weighted by molar-refractivity contribution is 0.164. The van der Waals surface area contributed by atoms with Crippen LogP contribution in [0.4, 0.5) is 11.5 Å². The summed E-state index contributed by atoms with van der Waals surface area (Å²) >= 11 is 6.46. The van der Waals surface area contributed by atoms with Gasteiger partial charge in [-0.05, 0) is 45.6 Å². The van der Waals surface area contributed by atoms with Crippen LogP contribution in [-0.4, -0.2) is 65.5 Å². The number of phenolic OH excluding ortho intramolecular Hbond substituents is 1. The van der Waals surface area contributed by atoms with Gasteiger partial charge in [-0.15, -0.1) is 0 Å². The van der Waals surface area contributed by atoms with Crippen LogP contribution in [-0.2, 0) is 13.0 Å². The number of ether oxygens (including phenoxy) is 1. The number of rotatable bonds is 5. The molecule has 7 rings (SSSR count). The fourth-order valence-electron chi connectivity index (χ4n) is 6.81. The van der Waals surface area contributed by atoms with Crippen molar-refractivity contribution in [2.75, 3.05) is 36.0 Å². The van der Waals surface area contributed by atoms with Crippen LogP contribution >= 0.6 is 11.6 Å². The summed E-state index contributed by atoms with van der Waals surface area (Å²) in [5.41, 5.74) is 3.20. The number of nitrogens with one attached hydrogen (secondary N) is 2. The molecular weight excluding hydrogens is 500 g/mol. The van der Waals surface area contributed by atoms with E-state index in [2.05, 4.69) is 33.4 Å². The zero-order chi connectivity index (χ0) is 25.8. The highest BCUT2D eigenvalue weighted by molar-refractivity contribution is 6.37. The van der Waals surface area contributed by atoms with Crippen LogP contribution in [0.1, 0.15) is 43.9 Å². The molecule has 4 aliphatic rings. The molecule has 0 aliphatic carbocycles. The van der Waals surface area contributed by atoms with Crippen molar-refractivity contribution >= 4 is 33.9 Å². The average Bonchev–Trinajstić information content (AvgIpc) is 3.59. The van der Waals surface area contributed by atoms with Crippen molar-refractivity contribution in [1.29, 1.82) is 0 Å². The molecule has 5 heterocycles. The number of hydrogen-bond acceptors (Lipinski definition) is 8. The predicted octanol–water partition coefficient (Wildman–Crippen LogP) is 4.01. The fourth-order valence-corrected chi connectivity index (χ4v) is 7.03. The highest BCUT2D eigenvalue weighted by atomic mass is 35.5. The van der Waals surface area contributed by atoms with Crippen molar-refractivity contribution in [2.45, 2.75) is 69.8 Å². The van der Waals surface area contributed by atoms with Crippen molar-refractivity contribution in [3.8, 4) is 11.8 Å². The predicted molar refractivity (Wildman–Crippen MR) is 151 cm³/mol. The lowest BCUT2D eigenvalue weighted by Crippen LogP contribution is -2.52. The number of fused-ring (bicyclic) bond motifs is 4. The van der Waals surface area contributed by atoms with Gasteiger partial charge >= 0.3 is 6.01 Å². The average molecular weight is 535 g/mol. The largest absolute Gasteiger partial charge is 0.506 e. The van der Waals surface area contributed by atoms with Crippen LogP contribution in [0.5, 0.6) is 11.8 Å². The van der Waals surface area contributed by atoms with Crippen molar-refractivity contribution < 1.29 is 9.84 Å². The Kier molecular flexibility index (Phi) is 6.21. The first-order valence-corrected chi connectivity index (χ1v) is 14.4. The van der Waals surface area contributed by atoms with Crippen LogP contribution in [0.3, 0.4) is 0 Å². The van der Waals surface area contributed by atoms with E-state index in [1.807, 2.05) is 18.2 Å². The van der Waals surface area contributed by atoms with Gasteiger partial charge in [0.2, 0.25) is 0 Å². The van der Waals surface area contributed by atoms with Gasteiger partial charge in [0.15, 0.2) is 0 Å². The van der Waals surface area contributed by atoms with Crippen molar-refractivity contribution in [1.82, 2.24) is 20.6 Å². The lowest BCUT2D eigenvalue weighted by Gasteiger charge is -2.38. The van der Waals surface area contributed by atoms with Crippen LogP contribution in [0.25, 0.3) is 10.8 Å². The van der Waals surface area contributed by atoms with Gasteiger partial charge in [0.25, 0.3) is 0 Å². The van der Waals surface area contributed by atoms with E-state index in [-0.39, 0.29) is 11.9 Å². The van der Waals surface area contributed by atoms with Crippen molar-refractivity contribution in [2.24, 2.45) is 0 Å². The Hall–Kier alpha value is -2.81. The second kappa shape index (κ2) is 9.74. The number of nitrogens with zero attached hydrogens (tertiary/aromatic N) is 4. The number of piperazine rings is 1. The van der Waals surface area contributed by atoms with E-state index in [9.17, 15) is 5.11 Å². The number of benzene rings is 2. The first kappa shape index (κ1) is 24.2. The smallest absolute Gasteiger partial charge is 0.318 e. The van der Waals surface area contributed by atoms with Gasteiger partial charge in [-0.1, -0.05) is 35.9 Å². The van der Waals surface area contributed by atoms with Gasteiger partial charge in [0, 0.05) is 65.8 Å². The Balaban J connectivity index is 1.26. The SMILES string of the molecule is CC(Oc1nc2c(c(N3C[C@H]4CC[C@@H](C3)N4)n1)CCN(c1cc(O)c(Cl)c3ccccc13)C2)[C@@H]1CCCN1. The normalized spacial score (nSPS) is 25.6. The molecule has 9 heteroatoms. The van der Waals surface area contributed by atoms with Crippen LogP contribution < -0.4 is 25.2 Å².